The van der Waals surface area contributed by atoms with E-state index in [-0.39, 0.29) is 12.0 Å². The highest BCUT2D eigenvalue weighted by Gasteiger charge is 2.29. The summed E-state index contributed by atoms with van der Waals surface area (Å²) in [7, 11) is 0. The van der Waals surface area contributed by atoms with Crippen molar-refractivity contribution in [1.82, 2.24) is 9.78 Å². The van der Waals surface area contributed by atoms with Crippen molar-refractivity contribution in [1.29, 1.82) is 0 Å². The first kappa shape index (κ1) is 10.4. The predicted octanol–water partition coefficient (Wildman–Crippen LogP) is 1.57. The first-order valence-corrected chi connectivity index (χ1v) is 5.45. The highest BCUT2D eigenvalue weighted by molar-refractivity contribution is 5.55. The minimum atomic E-state index is -0.0984. The summed E-state index contributed by atoms with van der Waals surface area (Å²) in [6, 6.07) is 1.94. The first-order valence-electron chi connectivity index (χ1n) is 5.45. The Morgan fingerprint density at radius 2 is 2.60 bits per heavy atom. The van der Waals surface area contributed by atoms with Crippen molar-refractivity contribution < 1.29 is 9.53 Å². The molecule has 1 aliphatic heterocycles. The Morgan fingerprint density at radius 3 is 3.33 bits per heavy atom. The minimum Gasteiger partial charge on any atom is -0.371 e. The van der Waals surface area contributed by atoms with E-state index in [1.54, 1.807) is 6.20 Å². The van der Waals surface area contributed by atoms with Gasteiger partial charge in [-0.25, -0.2) is 0 Å². The lowest BCUT2D eigenvalue weighted by Gasteiger charge is -2.28. The Kier molecular flexibility index (Phi) is 3.16. The SMILES string of the molecule is CCn1nccc1[C@H]1OCCC[C@H]1C=O. The molecule has 1 aromatic rings. The van der Waals surface area contributed by atoms with Gasteiger partial charge >= 0.3 is 0 Å². The van der Waals surface area contributed by atoms with Crippen LogP contribution in [0, 0.1) is 5.92 Å². The minimum absolute atomic E-state index is 0.0132. The summed E-state index contributed by atoms with van der Waals surface area (Å²) in [5, 5.41) is 4.20. The first-order chi connectivity index (χ1) is 7.36. The van der Waals surface area contributed by atoms with Gasteiger partial charge in [-0.3, -0.25) is 4.68 Å². The molecule has 0 saturated carbocycles. The van der Waals surface area contributed by atoms with Crippen LogP contribution in [0.4, 0.5) is 0 Å². The molecule has 0 N–H and O–H groups in total. The van der Waals surface area contributed by atoms with E-state index < -0.39 is 0 Å². The van der Waals surface area contributed by atoms with Crippen molar-refractivity contribution in [3.8, 4) is 0 Å². The largest absolute Gasteiger partial charge is 0.371 e. The van der Waals surface area contributed by atoms with Gasteiger partial charge in [0, 0.05) is 25.3 Å². The third-order valence-electron chi connectivity index (χ3n) is 2.88. The van der Waals surface area contributed by atoms with E-state index in [1.165, 1.54) is 0 Å². The maximum Gasteiger partial charge on any atom is 0.126 e. The van der Waals surface area contributed by atoms with Crippen LogP contribution in [0.5, 0.6) is 0 Å². The second kappa shape index (κ2) is 4.57. The molecule has 0 bridgehead atoms. The van der Waals surface area contributed by atoms with Crippen molar-refractivity contribution in [2.75, 3.05) is 6.61 Å². The molecule has 1 aliphatic rings. The van der Waals surface area contributed by atoms with Gasteiger partial charge in [-0.1, -0.05) is 0 Å². The van der Waals surface area contributed by atoms with Crippen molar-refractivity contribution in [2.45, 2.75) is 32.4 Å². The quantitative estimate of drug-likeness (QED) is 0.708. The number of aromatic nitrogens is 2. The fourth-order valence-corrected chi connectivity index (χ4v) is 2.10. The van der Waals surface area contributed by atoms with Gasteiger partial charge < -0.3 is 9.53 Å². The molecule has 0 aromatic carbocycles. The monoisotopic (exact) mass is 208 g/mol. The lowest BCUT2D eigenvalue weighted by molar-refractivity contribution is -0.120. The maximum absolute atomic E-state index is 11.0. The summed E-state index contributed by atoms with van der Waals surface area (Å²) in [6.07, 6.45) is 4.57. The Balaban J connectivity index is 2.23. The molecule has 82 valence electrons. The zero-order chi connectivity index (χ0) is 10.7. The van der Waals surface area contributed by atoms with Crippen LogP contribution in [0.2, 0.25) is 0 Å². The summed E-state index contributed by atoms with van der Waals surface area (Å²) < 4.78 is 7.57. The molecule has 4 heteroatoms. The van der Waals surface area contributed by atoms with Crippen LogP contribution in [0.15, 0.2) is 12.3 Å². The summed E-state index contributed by atoms with van der Waals surface area (Å²) in [6.45, 7) is 3.59. The Bertz CT molecular complexity index is 335. The van der Waals surface area contributed by atoms with Crippen molar-refractivity contribution in [3.05, 3.63) is 18.0 Å². The standard InChI is InChI=1S/C11H16N2O2/c1-2-13-10(5-6-12-13)11-9(8-14)4-3-7-15-11/h5-6,8-9,11H,2-4,7H2,1H3/t9-,11-/m0/s1. The summed E-state index contributed by atoms with van der Waals surface area (Å²) in [5.41, 5.74) is 1.02. The number of aryl methyl sites for hydroxylation is 1. The van der Waals surface area contributed by atoms with Crippen LogP contribution >= 0.6 is 0 Å². The molecular formula is C11H16N2O2. The molecule has 0 radical (unpaired) electrons. The van der Waals surface area contributed by atoms with E-state index in [2.05, 4.69) is 5.10 Å². The summed E-state index contributed by atoms with van der Waals surface area (Å²) >= 11 is 0. The molecule has 0 amide bonds. The number of hydrogen-bond acceptors (Lipinski definition) is 3. The van der Waals surface area contributed by atoms with E-state index in [9.17, 15) is 4.79 Å². The average Bonchev–Trinajstić information content (AvgIpc) is 2.76. The van der Waals surface area contributed by atoms with Crippen LogP contribution in [0.3, 0.4) is 0 Å². The number of carbonyl (C=O) groups is 1. The number of nitrogens with zero attached hydrogens (tertiary/aromatic N) is 2. The van der Waals surface area contributed by atoms with E-state index in [1.807, 2.05) is 17.7 Å². The molecule has 2 rings (SSSR count). The smallest absolute Gasteiger partial charge is 0.126 e. The summed E-state index contributed by atoms with van der Waals surface area (Å²) in [5.74, 6) is -0.0132. The lowest BCUT2D eigenvalue weighted by Crippen LogP contribution is -2.25. The average molecular weight is 208 g/mol. The Morgan fingerprint density at radius 1 is 1.73 bits per heavy atom. The third-order valence-corrected chi connectivity index (χ3v) is 2.88. The second-order valence-corrected chi connectivity index (χ2v) is 3.81. The van der Waals surface area contributed by atoms with Gasteiger partial charge in [0.25, 0.3) is 0 Å². The molecular weight excluding hydrogens is 192 g/mol. The van der Waals surface area contributed by atoms with E-state index in [0.717, 1.165) is 38.0 Å². The van der Waals surface area contributed by atoms with Gasteiger partial charge in [-0.2, -0.15) is 5.10 Å². The van der Waals surface area contributed by atoms with Gasteiger partial charge in [0.05, 0.1) is 5.69 Å². The highest BCUT2D eigenvalue weighted by Crippen LogP contribution is 2.31. The second-order valence-electron chi connectivity index (χ2n) is 3.81. The highest BCUT2D eigenvalue weighted by atomic mass is 16.5. The number of rotatable bonds is 3. The number of hydrogen-bond donors (Lipinski definition) is 0. The molecule has 1 fully saturated rings. The van der Waals surface area contributed by atoms with Crippen LogP contribution in [0.25, 0.3) is 0 Å². The Labute approximate surface area is 89.2 Å². The number of carbonyl (C=O) groups excluding carboxylic acids is 1. The van der Waals surface area contributed by atoms with Crippen molar-refractivity contribution in [2.24, 2.45) is 5.92 Å². The van der Waals surface area contributed by atoms with Crippen molar-refractivity contribution in [3.63, 3.8) is 0 Å². The van der Waals surface area contributed by atoms with Gasteiger partial charge in [0.2, 0.25) is 0 Å². The number of aldehydes is 1. The van der Waals surface area contributed by atoms with Gasteiger partial charge in [-0.05, 0) is 25.8 Å². The molecule has 0 aliphatic carbocycles. The third kappa shape index (κ3) is 1.95. The van der Waals surface area contributed by atoms with Crippen LogP contribution in [-0.4, -0.2) is 22.7 Å². The zero-order valence-corrected chi connectivity index (χ0v) is 8.93. The normalized spacial score (nSPS) is 26.5. The lowest BCUT2D eigenvalue weighted by atomic mass is 9.93. The van der Waals surface area contributed by atoms with Crippen LogP contribution < -0.4 is 0 Å². The van der Waals surface area contributed by atoms with E-state index in [4.69, 9.17) is 4.74 Å². The molecule has 1 aromatic heterocycles. The summed E-state index contributed by atoms with van der Waals surface area (Å²) in [4.78, 5) is 11.0. The van der Waals surface area contributed by atoms with Crippen LogP contribution in [-0.2, 0) is 16.1 Å². The molecule has 4 nitrogen and oxygen atoms in total. The Hall–Kier alpha value is -1.16. The molecule has 1 saturated heterocycles. The zero-order valence-electron chi connectivity index (χ0n) is 8.93. The molecule has 0 unspecified atom stereocenters. The van der Waals surface area contributed by atoms with E-state index >= 15 is 0 Å². The van der Waals surface area contributed by atoms with Crippen molar-refractivity contribution >= 4 is 6.29 Å². The van der Waals surface area contributed by atoms with Gasteiger partial charge in [0.1, 0.15) is 12.4 Å². The molecule has 0 spiro atoms. The van der Waals surface area contributed by atoms with Crippen LogP contribution in [0.1, 0.15) is 31.6 Å². The topological polar surface area (TPSA) is 44.1 Å². The fourth-order valence-electron chi connectivity index (χ4n) is 2.10. The molecule has 15 heavy (non-hydrogen) atoms. The maximum atomic E-state index is 11.0. The van der Waals surface area contributed by atoms with Gasteiger partial charge in [0.15, 0.2) is 0 Å². The molecule has 2 atom stereocenters. The number of ether oxygens (including phenoxy) is 1. The van der Waals surface area contributed by atoms with Gasteiger partial charge in [-0.15, -0.1) is 0 Å². The predicted molar refractivity (Wildman–Crippen MR) is 55.4 cm³/mol. The fraction of sp³-hybridized carbons (Fsp3) is 0.636. The van der Waals surface area contributed by atoms with E-state index in [0.29, 0.717) is 0 Å². The molecule has 2 heterocycles.